The Morgan fingerprint density at radius 2 is 1.56 bits per heavy atom. The molecule has 0 amide bonds. The molecule has 1 nitrogen and oxygen atoms in total. The van der Waals surface area contributed by atoms with Crippen LogP contribution in [0.3, 0.4) is 0 Å². The maximum atomic E-state index is 6.01. The van der Waals surface area contributed by atoms with E-state index in [0.29, 0.717) is 0 Å². The number of aryl methyl sites for hydroxylation is 1. The van der Waals surface area contributed by atoms with Gasteiger partial charge in [-0.05, 0) is 67.1 Å². The SMILES string of the molecule is CCC1CCC(CCc2ccc(OCCCC3CCCCC3C)cc2)CC1. The Bertz CT molecular complexity index is 512. The van der Waals surface area contributed by atoms with Crippen LogP contribution in [0.2, 0.25) is 0 Å². The average molecular weight is 371 g/mol. The van der Waals surface area contributed by atoms with Crippen LogP contribution < -0.4 is 4.74 Å². The molecule has 0 bridgehead atoms. The zero-order valence-electron chi connectivity index (χ0n) is 17.9. The van der Waals surface area contributed by atoms with Gasteiger partial charge in [-0.25, -0.2) is 0 Å². The molecule has 0 radical (unpaired) electrons. The molecule has 1 aromatic carbocycles. The number of benzene rings is 1. The molecule has 0 aromatic heterocycles. The van der Waals surface area contributed by atoms with Crippen molar-refractivity contribution in [2.24, 2.45) is 23.7 Å². The fraction of sp³-hybridized carbons (Fsp3) is 0.769. The van der Waals surface area contributed by atoms with Crippen molar-refractivity contribution in [3.05, 3.63) is 29.8 Å². The number of rotatable bonds is 9. The fourth-order valence-corrected chi connectivity index (χ4v) is 5.41. The summed E-state index contributed by atoms with van der Waals surface area (Å²) in [5, 5.41) is 0. The predicted molar refractivity (Wildman–Crippen MR) is 116 cm³/mol. The summed E-state index contributed by atoms with van der Waals surface area (Å²) >= 11 is 0. The molecule has 0 heterocycles. The van der Waals surface area contributed by atoms with Crippen molar-refractivity contribution in [3.63, 3.8) is 0 Å². The van der Waals surface area contributed by atoms with Crippen molar-refractivity contribution in [3.8, 4) is 5.75 Å². The van der Waals surface area contributed by atoms with E-state index in [0.717, 1.165) is 36.0 Å². The second kappa shape index (κ2) is 11.1. The highest BCUT2D eigenvalue weighted by molar-refractivity contribution is 5.27. The van der Waals surface area contributed by atoms with Crippen LogP contribution in [0.15, 0.2) is 24.3 Å². The molecule has 0 aliphatic heterocycles. The Hall–Kier alpha value is -0.980. The first-order valence-electron chi connectivity index (χ1n) is 12.0. The summed E-state index contributed by atoms with van der Waals surface area (Å²) in [6.07, 6.45) is 18.2. The van der Waals surface area contributed by atoms with Crippen molar-refractivity contribution in [2.75, 3.05) is 6.61 Å². The van der Waals surface area contributed by atoms with Gasteiger partial charge in [-0.15, -0.1) is 0 Å². The van der Waals surface area contributed by atoms with E-state index in [-0.39, 0.29) is 0 Å². The Kier molecular flexibility index (Phi) is 8.55. The van der Waals surface area contributed by atoms with Crippen LogP contribution in [0.25, 0.3) is 0 Å². The summed E-state index contributed by atoms with van der Waals surface area (Å²) < 4.78 is 6.01. The first-order chi connectivity index (χ1) is 13.2. The van der Waals surface area contributed by atoms with Crippen LogP contribution >= 0.6 is 0 Å². The molecular formula is C26H42O. The van der Waals surface area contributed by atoms with Gasteiger partial charge in [0, 0.05) is 0 Å². The van der Waals surface area contributed by atoms with Gasteiger partial charge in [-0.1, -0.05) is 83.8 Å². The van der Waals surface area contributed by atoms with Gasteiger partial charge in [0.1, 0.15) is 5.75 Å². The Morgan fingerprint density at radius 1 is 0.852 bits per heavy atom. The van der Waals surface area contributed by atoms with Crippen molar-refractivity contribution < 1.29 is 4.74 Å². The number of ether oxygens (including phenoxy) is 1. The van der Waals surface area contributed by atoms with Gasteiger partial charge < -0.3 is 4.74 Å². The maximum Gasteiger partial charge on any atom is 0.119 e. The summed E-state index contributed by atoms with van der Waals surface area (Å²) in [5.74, 6) is 4.90. The molecule has 2 aliphatic carbocycles. The highest BCUT2D eigenvalue weighted by Crippen LogP contribution is 2.34. The standard InChI is InChI=1S/C26H42O/c1-3-22-10-12-23(13-11-22)14-15-24-16-18-26(19-17-24)27-20-6-9-25-8-5-4-7-21(25)2/h16-19,21-23,25H,3-15,20H2,1-2H3. The van der Waals surface area contributed by atoms with Crippen LogP contribution in [-0.2, 0) is 6.42 Å². The van der Waals surface area contributed by atoms with E-state index in [1.807, 2.05) is 0 Å². The Morgan fingerprint density at radius 3 is 2.26 bits per heavy atom. The lowest BCUT2D eigenvalue weighted by molar-refractivity contribution is 0.217. The van der Waals surface area contributed by atoms with Gasteiger partial charge in [-0.3, -0.25) is 0 Å². The third kappa shape index (κ3) is 6.84. The quantitative estimate of drug-likeness (QED) is 0.402. The van der Waals surface area contributed by atoms with Crippen molar-refractivity contribution in [2.45, 2.75) is 97.3 Å². The molecule has 27 heavy (non-hydrogen) atoms. The normalized spacial score (nSPS) is 28.8. The van der Waals surface area contributed by atoms with Crippen molar-refractivity contribution in [1.29, 1.82) is 0 Å². The number of hydrogen-bond acceptors (Lipinski definition) is 1. The largest absolute Gasteiger partial charge is 0.494 e. The molecule has 0 saturated heterocycles. The highest BCUT2D eigenvalue weighted by Gasteiger charge is 2.21. The third-order valence-electron chi connectivity index (χ3n) is 7.59. The average Bonchev–Trinajstić information content (AvgIpc) is 2.72. The highest BCUT2D eigenvalue weighted by atomic mass is 16.5. The van der Waals surface area contributed by atoms with Gasteiger partial charge in [0.15, 0.2) is 0 Å². The lowest BCUT2D eigenvalue weighted by Crippen LogP contribution is -2.17. The Balaban J connectivity index is 1.30. The summed E-state index contributed by atoms with van der Waals surface area (Å²) in [4.78, 5) is 0. The van der Waals surface area contributed by atoms with E-state index < -0.39 is 0 Å². The van der Waals surface area contributed by atoms with E-state index in [4.69, 9.17) is 4.74 Å². The molecule has 0 spiro atoms. The summed E-state index contributed by atoms with van der Waals surface area (Å²) in [6.45, 7) is 5.67. The zero-order valence-corrected chi connectivity index (χ0v) is 17.9. The molecule has 2 unspecified atom stereocenters. The number of hydrogen-bond donors (Lipinski definition) is 0. The van der Waals surface area contributed by atoms with Crippen molar-refractivity contribution >= 4 is 0 Å². The van der Waals surface area contributed by atoms with E-state index in [9.17, 15) is 0 Å². The van der Waals surface area contributed by atoms with Crippen LogP contribution in [0.4, 0.5) is 0 Å². The van der Waals surface area contributed by atoms with Gasteiger partial charge in [-0.2, -0.15) is 0 Å². The lowest BCUT2D eigenvalue weighted by atomic mass is 9.78. The van der Waals surface area contributed by atoms with Crippen LogP contribution in [0, 0.1) is 23.7 Å². The molecule has 1 aromatic rings. The van der Waals surface area contributed by atoms with E-state index in [1.54, 1.807) is 0 Å². The minimum atomic E-state index is 0.878. The van der Waals surface area contributed by atoms with Gasteiger partial charge in [0.05, 0.1) is 6.61 Å². The first-order valence-corrected chi connectivity index (χ1v) is 12.0. The third-order valence-corrected chi connectivity index (χ3v) is 7.59. The first kappa shape index (κ1) is 20.7. The van der Waals surface area contributed by atoms with Gasteiger partial charge in [0.25, 0.3) is 0 Å². The predicted octanol–water partition coefficient (Wildman–Crippen LogP) is 7.82. The van der Waals surface area contributed by atoms with Gasteiger partial charge >= 0.3 is 0 Å². The summed E-state index contributed by atoms with van der Waals surface area (Å²) in [7, 11) is 0. The molecule has 2 fully saturated rings. The topological polar surface area (TPSA) is 9.23 Å². The molecule has 3 rings (SSSR count). The molecule has 1 heteroatoms. The van der Waals surface area contributed by atoms with Crippen LogP contribution in [0.1, 0.15) is 96.5 Å². The molecule has 2 saturated carbocycles. The molecule has 152 valence electrons. The molecular weight excluding hydrogens is 328 g/mol. The zero-order chi connectivity index (χ0) is 18.9. The van der Waals surface area contributed by atoms with Crippen LogP contribution in [-0.4, -0.2) is 6.61 Å². The lowest BCUT2D eigenvalue weighted by Gasteiger charge is -2.28. The van der Waals surface area contributed by atoms with Crippen molar-refractivity contribution in [1.82, 2.24) is 0 Å². The van der Waals surface area contributed by atoms with E-state index in [2.05, 4.69) is 38.1 Å². The molecule has 2 aliphatic rings. The monoisotopic (exact) mass is 370 g/mol. The summed E-state index contributed by atoms with van der Waals surface area (Å²) in [5.41, 5.74) is 1.48. The smallest absolute Gasteiger partial charge is 0.119 e. The second-order valence-electron chi connectivity index (χ2n) is 9.49. The minimum Gasteiger partial charge on any atom is -0.494 e. The van der Waals surface area contributed by atoms with Crippen LogP contribution in [0.5, 0.6) is 5.75 Å². The fourth-order valence-electron chi connectivity index (χ4n) is 5.41. The van der Waals surface area contributed by atoms with E-state index in [1.165, 1.54) is 89.0 Å². The molecule has 2 atom stereocenters. The maximum absolute atomic E-state index is 6.01. The summed E-state index contributed by atoms with van der Waals surface area (Å²) in [6, 6.07) is 8.95. The van der Waals surface area contributed by atoms with Gasteiger partial charge in [0.2, 0.25) is 0 Å². The molecule has 0 N–H and O–H groups in total. The minimum absolute atomic E-state index is 0.878. The second-order valence-corrected chi connectivity index (χ2v) is 9.49. The Labute approximate surface area is 168 Å². The van der Waals surface area contributed by atoms with E-state index >= 15 is 0 Å².